The number of nitrogens with zero attached hydrogens (tertiary/aromatic N) is 3. The Hall–Kier alpha value is -1.66. The second kappa shape index (κ2) is 4.68. The van der Waals surface area contributed by atoms with Crippen molar-refractivity contribution in [2.24, 2.45) is 0 Å². The Bertz CT molecular complexity index is 460. The van der Waals surface area contributed by atoms with Gasteiger partial charge in [-0.15, -0.1) is 0 Å². The summed E-state index contributed by atoms with van der Waals surface area (Å²) < 4.78 is 15.7. The average molecular weight is 235 g/mol. The molecule has 2 aromatic rings. The smallest absolute Gasteiger partial charge is 0.241 e. The monoisotopic (exact) mass is 235 g/mol. The topological polar surface area (TPSA) is 64.5 Å². The third-order valence-corrected chi connectivity index (χ3v) is 2.67. The van der Waals surface area contributed by atoms with Gasteiger partial charge in [0.05, 0.1) is 26.0 Å². The second-order valence-corrected chi connectivity index (χ2v) is 3.88. The summed E-state index contributed by atoms with van der Waals surface area (Å²) in [6.07, 6.45) is 1.59. The minimum atomic E-state index is 0.498. The van der Waals surface area contributed by atoms with Crippen molar-refractivity contribution in [1.82, 2.24) is 15.0 Å². The summed E-state index contributed by atoms with van der Waals surface area (Å²) >= 11 is 0. The first-order chi connectivity index (χ1) is 8.42. The molecular formula is C11H13N3O3. The Morgan fingerprint density at radius 2 is 2.18 bits per heavy atom. The van der Waals surface area contributed by atoms with E-state index in [-0.39, 0.29) is 0 Å². The van der Waals surface area contributed by atoms with Gasteiger partial charge in [-0.2, -0.15) is 4.98 Å². The Morgan fingerprint density at radius 3 is 2.94 bits per heavy atom. The molecule has 0 amide bonds. The van der Waals surface area contributed by atoms with E-state index in [4.69, 9.17) is 13.7 Å². The molecule has 17 heavy (non-hydrogen) atoms. The first-order valence-corrected chi connectivity index (χ1v) is 5.58. The van der Waals surface area contributed by atoms with Crippen molar-refractivity contribution in [2.75, 3.05) is 26.3 Å². The molecule has 1 saturated heterocycles. The van der Waals surface area contributed by atoms with Crippen molar-refractivity contribution >= 4 is 0 Å². The van der Waals surface area contributed by atoms with Gasteiger partial charge in [0.2, 0.25) is 11.7 Å². The summed E-state index contributed by atoms with van der Waals surface area (Å²) in [4.78, 5) is 6.52. The number of aromatic nitrogens is 2. The van der Waals surface area contributed by atoms with Crippen LogP contribution in [0.15, 0.2) is 27.3 Å². The highest BCUT2D eigenvalue weighted by Gasteiger charge is 2.16. The molecule has 6 nitrogen and oxygen atoms in total. The van der Waals surface area contributed by atoms with Gasteiger partial charge >= 0.3 is 0 Å². The zero-order chi connectivity index (χ0) is 11.5. The van der Waals surface area contributed by atoms with Crippen LogP contribution < -0.4 is 0 Å². The van der Waals surface area contributed by atoms with E-state index in [1.54, 1.807) is 12.3 Å². The fraction of sp³-hybridized carbons (Fsp3) is 0.455. The van der Waals surface area contributed by atoms with E-state index < -0.39 is 0 Å². The van der Waals surface area contributed by atoms with Gasteiger partial charge in [0, 0.05) is 13.1 Å². The molecule has 0 saturated carbocycles. The number of ether oxygens (including phenoxy) is 1. The van der Waals surface area contributed by atoms with Gasteiger partial charge in [0.25, 0.3) is 0 Å². The van der Waals surface area contributed by atoms with Gasteiger partial charge in [0.15, 0.2) is 5.76 Å². The SMILES string of the molecule is c1coc(-c2noc(CN3CCOCC3)n2)c1. The largest absolute Gasteiger partial charge is 0.461 e. The zero-order valence-corrected chi connectivity index (χ0v) is 9.33. The van der Waals surface area contributed by atoms with E-state index in [2.05, 4.69) is 15.0 Å². The van der Waals surface area contributed by atoms with Crippen molar-refractivity contribution < 1.29 is 13.7 Å². The van der Waals surface area contributed by atoms with Gasteiger partial charge < -0.3 is 13.7 Å². The quantitative estimate of drug-likeness (QED) is 0.795. The highest BCUT2D eigenvalue weighted by molar-refractivity contribution is 5.44. The lowest BCUT2D eigenvalue weighted by atomic mass is 10.4. The lowest BCUT2D eigenvalue weighted by Crippen LogP contribution is -2.35. The van der Waals surface area contributed by atoms with E-state index in [0.29, 0.717) is 24.0 Å². The molecule has 0 unspecified atom stereocenters. The van der Waals surface area contributed by atoms with Crippen LogP contribution in [0.4, 0.5) is 0 Å². The van der Waals surface area contributed by atoms with Gasteiger partial charge in [-0.25, -0.2) is 0 Å². The van der Waals surface area contributed by atoms with Crippen LogP contribution in [-0.4, -0.2) is 41.3 Å². The fourth-order valence-corrected chi connectivity index (χ4v) is 1.78. The zero-order valence-electron chi connectivity index (χ0n) is 9.33. The Kier molecular flexibility index (Phi) is 2.89. The molecule has 3 rings (SSSR count). The molecule has 1 aliphatic rings. The number of hydrogen-bond donors (Lipinski definition) is 0. The summed E-state index contributed by atoms with van der Waals surface area (Å²) in [5.74, 6) is 1.73. The molecule has 0 spiro atoms. The van der Waals surface area contributed by atoms with Crippen LogP contribution >= 0.6 is 0 Å². The Labute approximate surface area is 98.2 Å². The standard InChI is InChI=1S/C11H13N3O3/c1-2-9(16-5-1)11-12-10(17-13-11)8-14-3-6-15-7-4-14/h1-2,5H,3-4,6-8H2. The lowest BCUT2D eigenvalue weighted by molar-refractivity contribution is 0.0297. The van der Waals surface area contributed by atoms with Crippen LogP contribution in [0.2, 0.25) is 0 Å². The molecular weight excluding hydrogens is 222 g/mol. The number of rotatable bonds is 3. The Balaban J connectivity index is 1.68. The fourth-order valence-electron chi connectivity index (χ4n) is 1.78. The van der Waals surface area contributed by atoms with Crippen LogP contribution in [-0.2, 0) is 11.3 Å². The maximum atomic E-state index is 5.28. The highest BCUT2D eigenvalue weighted by atomic mass is 16.5. The van der Waals surface area contributed by atoms with Crippen molar-refractivity contribution in [3.8, 4) is 11.6 Å². The van der Waals surface area contributed by atoms with Crippen molar-refractivity contribution in [1.29, 1.82) is 0 Å². The molecule has 3 heterocycles. The predicted molar refractivity (Wildman–Crippen MR) is 58.1 cm³/mol. The van der Waals surface area contributed by atoms with Crippen molar-refractivity contribution in [3.63, 3.8) is 0 Å². The van der Waals surface area contributed by atoms with E-state index in [9.17, 15) is 0 Å². The summed E-state index contributed by atoms with van der Waals surface area (Å²) in [5, 5.41) is 3.89. The Morgan fingerprint density at radius 1 is 1.29 bits per heavy atom. The number of furan rings is 1. The molecule has 2 aromatic heterocycles. The third kappa shape index (κ3) is 2.37. The third-order valence-electron chi connectivity index (χ3n) is 2.67. The van der Waals surface area contributed by atoms with E-state index in [1.807, 2.05) is 6.07 Å². The first kappa shape index (κ1) is 10.5. The summed E-state index contributed by atoms with van der Waals surface area (Å²) in [6.45, 7) is 3.99. The molecule has 0 aliphatic carbocycles. The van der Waals surface area contributed by atoms with E-state index in [1.165, 1.54) is 0 Å². The van der Waals surface area contributed by atoms with Crippen molar-refractivity contribution in [2.45, 2.75) is 6.54 Å². The van der Waals surface area contributed by atoms with Gasteiger partial charge in [-0.1, -0.05) is 5.16 Å². The molecule has 1 fully saturated rings. The van der Waals surface area contributed by atoms with Gasteiger partial charge in [-0.05, 0) is 12.1 Å². The maximum absolute atomic E-state index is 5.28. The molecule has 0 atom stereocenters. The van der Waals surface area contributed by atoms with E-state index >= 15 is 0 Å². The van der Waals surface area contributed by atoms with Crippen LogP contribution in [0, 0.1) is 0 Å². The second-order valence-electron chi connectivity index (χ2n) is 3.88. The summed E-state index contributed by atoms with van der Waals surface area (Å²) in [5.41, 5.74) is 0. The predicted octanol–water partition coefficient (Wildman–Crippen LogP) is 1.16. The number of hydrogen-bond acceptors (Lipinski definition) is 6. The molecule has 0 bridgehead atoms. The molecule has 6 heteroatoms. The van der Waals surface area contributed by atoms with Gasteiger partial charge in [-0.3, -0.25) is 4.90 Å². The van der Waals surface area contributed by atoms with Crippen LogP contribution in [0.5, 0.6) is 0 Å². The van der Waals surface area contributed by atoms with Crippen LogP contribution in [0.3, 0.4) is 0 Å². The van der Waals surface area contributed by atoms with Gasteiger partial charge in [0.1, 0.15) is 0 Å². The van der Waals surface area contributed by atoms with Crippen LogP contribution in [0.1, 0.15) is 5.89 Å². The average Bonchev–Trinajstić information content (AvgIpc) is 3.00. The normalized spacial score (nSPS) is 17.4. The highest BCUT2D eigenvalue weighted by Crippen LogP contribution is 2.16. The van der Waals surface area contributed by atoms with Crippen LogP contribution in [0.25, 0.3) is 11.6 Å². The van der Waals surface area contributed by atoms with E-state index in [0.717, 1.165) is 26.3 Å². The molecule has 1 aliphatic heterocycles. The number of morpholine rings is 1. The molecule has 0 N–H and O–H groups in total. The maximum Gasteiger partial charge on any atom is 0.241 e. The molecule has 90 valence electrons. The minimum Gasteiger partial charge on any atom is -0.461 e. The lowest BCUT2D eigenvalue weighted by Gasteiger charge is -2.24. The summed E-state index contributed by atoms with van der Waals surface area (Å²) in [6, 6.07) is 3.61. The van der Waals surface area contributed by atoms with Crippen molar-refractivity contribution in [3.05, 3.63) is 24.3 Å². The minimum absolute atomic E-state index is 0.498. The molecule has 0 radical (unpaired) electrons. The first-order valence-electron chi connectivity index (χ1n) is 5.58. The molecule has 0 aromatic carbocycles. The summed E-state index contributed by atoms with van der Waals surface area (Å²) in [7, 11) is 0.